The van der Waals surface area contributed by atoms with Gasteiger partial charge in [-0.25, -0.2) is 0 Å². The molecule has 186 valence electrons. The average Bonchev–Trinajstić information content (AvgIpc) is 3.32. The van der Waals surface area contributed by atoms with Gasteiger partial charge in [-0.15, -0.1) is 0 Å². The fraction of sp³-hybridized carbons (Fsp3) is 0.138. The quantitative estimate of drug-likeness (QED) is 0.357. The maximum atomic E-state index is 13.1. The summed E-state index contributed by atoms with van der Waals surface area (Å²) in [5.74, 6) is -0.396. The lowest BCUT2D eigenvalue weighted by Crippen LogP contribution is -2.30. The molecule has 0 saturated carbocycles. The molecule has 0 atom stereocenters. The van der Waals surface area contributed by atoms with Crippen LogP contribution < -0.4 is 10.2 Å². The lowest BCUT2D eigenvalue weighted by atomic mass is 9.98. The van der Waals surface area contributed by atoms with Crippen molar-refractivity contribution in [1.82, 2.24) is 4.98 Å². The van der Waals surface area contributed by atoms with Gasteiger partial charge in [0.05, 0.1) is 12.0 Å². The summed E-state index contributed by atoms with van der Waals surface area (Å²) >= 11 is 0. The van der Waals surface area contributed by atoms with Gasteiger partial charge in [0.1, 0.15) is 0 Å². The van der Waals surface area contributed by atoms with E-state index in [0.29, 0.717) is 35.3 Å². The third-order valence-corrected chi connectivity index (χ3v) is 6.31. The number of fused-ring (bicyclic) bond motifs is 1. The Kier molecular flexibility index (Phi) is 6.48. The van der Waals surface area contributed by atoms with Gasteiger partial charge in [-0.05, 0) is 71.1 Å². The maximum absolute atomic E-state index is 13.1. The molecule has 0 bridgehead atoms. The number of rotatable bonds is 5. The summed E-state index contributed by atoms with van der Waals surface area (Å²) in [5.41, 5.74) is 3.83. The number of carbonyl (C=O) groups is 2. The van der Waals surface area contributed by atoms with E-state index in [1.54, 1.807) is 53.7 Å². The lowest BCUT2D eigenvalue weighted by Gasteiger charge is -2.18. The third kappa shape index (κ3) is 5.23. The van der Waals surface area contributed by atoms with Crippen molar-refractivity contribution in [2.24, 2.45) is 0 Å². The number of hydrogen-bond donors (Lipinski definition) is 1. The Morgan fingerprint density at radius 3 is 2.46 bits per heavy atom. The highest BCUT2D eigenvalue weighted by molar-refractivity contribution is 6.09. The predicted molar refractivity (Wildman–Crippen MR) is 135 cm³/mol. The minimum atomic E-state index is -4.43. The van der Waals surface area contributed by atoms with Crippen LogP contribution in [0.4, 0.5) is 24.5 Å². The monoisotopic (exact) mass is 501 g/mol. The molecule has 1 N–H and O–H groups in total. The first-order chi connectivity index (χ1) is 17.8. The molecule has 2 heterocycles. The van der Waals surface area contributed by atoms with Gasteiger partial charge in [-0.3, -0.25) is 14.6 Å². The molecule has 1 aliphatic heterocycles. The van der Waals surface area contributed by atoms with Crippen LogP contribution in [0.3, 0.4) is 0 Å². The van der Waals surface area contributed by atoms with E-state index in [4.69, 9.17) is 0 Å². The number of aromatic nitrogens is 1. The number of nitrogens with zero attached hydrogens (tertiary/aromatic N) is 2. The van der Waals surface area contributed by atoms with Crippen LogP contribution in [0.25, 0.3) is 11.1 Å². The van der Waals surface area contributed by atoms with Crippen molar-refractivity contribution in [1.29, 1.82) is 0 Å². The van der Waals surface area contributed by atoms with Crippen molar-refractivity contribution >= 4 is 23.2 Å². The molecule has 1 aliphatic rings. The zero-order valence-corrected chi connectivity index (χ0v) is 19.6. The molecule has 2 amide bonds. The second-order valence-electron chi connectivity index (χ2n) is 8.75. The Hall–Kier alpha value is -4.46. The number of amides is 2. The van der Waals surface area contributed by atoms with Crippen LogP contribution in [0.1, 0.15) is 27.0 Å². The molecule has 0 unspecified atom stereocenters. The first-order valence-electron chi connectivity index (χ1n) is 11.7. The Morgan fingerprint density at radius 2 is 1.73 bits per heavy atom. The number of benzene rings is 3. The summed E-state index contributed by atoms with van der Waals surface area (Å²) in [6, 6.07) is 20.6. The van der Waals surface area contributed by atoms with Gasteiger partial charge in [-0.2, -0.15) is 13.2 Å². The zero-order chi connectivity index (χ0) is 26.0. The fourth-order valence-electron chi connectivity index (χ4n) is 4.48. The Labute approximate surface area is 211 Å². The van der Waals surface area contributed by atoms with E-state index in [-0.39, 0.29) is 18.2 Å². The van der Waals surface area contributed by atoms with Crippen LogP contribution in [0, 0.1) is 0 Å². The predicted octanol–water partition coefficient (Wildman–Crippen LogP) is 6.15. The number of pyridine rings is 1. The number of carbonyl (C=O) groups excluding carboxylic acids is 2. The van der Waals surface area contributed by atoms with Gasteiger partial charge in [0.25, 0.3) is 5.91 Å². The first kappa shape index (κ1) is 24.2. The van der Waals surface area contributed by atoms with Crippen molar-refractivity contribution in [2.75, 3.05) is 16.8 Å². The second kappa shape index (κ2) is 9.89. The third-order valence-electron chi connectivity index (χ3n) is 6.31. The van der Waals surface area contributed by atoms with Gasteiger partial charge in [0.2, 0.25) is 5.91 Å². The Morgan fingerprint density at radius 1 is 0.946 bits per heavy atom. The van der Waals surface area contributed by atoms with Crippen molar-refractivity contribution in [3.8, 4) is 11.1 Å². The summed E-state index contributed by atoms with van der Waals surface area (Å²) in [7, 11) is 0. The van der Waals surface area contributed by atoms with Crippen LogP contribution in [0.15, 0.2) is 91.3 Å². The van der Waals surface area contributed by atoms with E-state index in [1.165, 1.54) is 12.1 Å². The van der Waals surface area contributed by atoms with Gasteiger partial charge in [0, 0.05) is 35.9 Å². The minimum absolute atomic E-state index is 0.0194. The highest BCUT2D eigenvalue weighted by atomic mass is 19.4. The summed E-state index contributed by atoms with van der Waals surface area (Å²) in [5, 5.41) is 2.89. The Balaban J connectivity index is 1.32. The van der Waals surface area contributed by atoms with Crippen LogP contribution in [0.5, 0.6) is 0 Å². The first-order valence-corrected chi connectivity index (χ1v) is 11.7. The molecule has 5 rings (SSSR count). The molecular weight excluding hydrogens is 479 g/mol. The molecule has 8 heteroatoms. The van der Waals surface area contributed by atoms with E-state index in [9.17, 15) is 22.8 Å². The van der Waals surface area contributed by atoms with Gasteiger partial charge < -0.3 is 10.2 Å². The highest BCUT2D eigenvalue weighted by Crippen LogP contribution is 2.33. The highest BCUT2D eigenvalue weighted by Gasteiger charge is 2.30. The van der Waals surface area contributed by atoms with E-state index < -0.39 is 11.7 Å². The van der Waals surface area contributed by atoms with Crippen LogP contribution in [-0.4, -0.2) is 23.3 Å². The molecule has 0 radical (unpaired) electrons. The van der Waals surface area contributed by atoms with E-state index in [1.807, 2.05) is 18.2 Å². The normalized spacial score (nSPS) is 12.8. The molecule has 0 fully saturated rings. The standard InChI is InChI=1S/C29H22F3N3O2/c30-29(31,32)22-9-7-20(8-10-22)24-5-1-2-6-25(24)28(37)34-23-11-12-26-21(17-23)13-15-35(26)27(36)16-19-4-3-14-33-18-19/h1-12,14,17-18H,13,15-16H2,(H,34,37). The number of nitrogens with one attached hydrogen (secondary N) is 1. The average molecular weight is 502 g/mol. The van der Waals surface area contributed by atoms with E-state index in [0.717, 1.165) is 28.9 Å². The molecule has 4 aromatic rings. The van der Waals surface area contributed by atoms with E-state index >= 15 is 0 Å². The summed E-state index contributed by atoms with van der Waals surface area (Å²) in [6.45, 7) is 0.558. The summed E-state index contributed by atoms with van der Waals surface area (Å²) < 4.78 is 38.8. The molecule has 0 saturated heterocycles. The molecule has 5 nitrogen and oxygen atoms in total. The van der Waals surface area contributed by atoms with Crippen molar-refractivity contribution in [3.05, 3.63) is 114 Å². The SMILES string of the molecule is O=C(Nc1ccc2c(c1)CCN2C(=O)Cc1cccnc1)c1ccccc1-c1ccc(C(F)(F)F)cc1. The Bertz CT molecular complexity index is 1450. The van der Waals surface area contributed by atoms with Crippen LogP contribution in [-0.2, 0) is 23.8 Å². The van der Waals surface area contributed by atoms with E-state index in [2.05, 4.69) is 10.3 Å². The zero-order valence-electron chi connectivity index (χ0n) is 19.6. The number of hydrogen-bond acceptors (Lipinski definition) is 3. The van der Waals surface area contributed by atoms with Crippen molar-refractivity contribution in [2.45, 2.75) is 19.0 Å². The van der Waals surface area contributed by atoms with Gasteiger partial charge in [-0.1, -0.05) is 36.4 Å². The lowest BCUT2D eigenvalue weighted by molar-refractivity contribution is -0.137. The number of anilines is 2. The fourth-order valence-corrected chi connectivity index (χ4v) is 4.48. The summed E-state index contributed by atoms with van der Waals surface area (Å²) in [6.07, 6.45) is -0.165. The second-order valence-corrected chi connectivity index (χ2v) is 8.75. The smallest absolute Gasteiger partial charge is 0.322 e. The minimum Gasteiger partial charge on any atom is -0.322 e. The number of halogens is 3. The largest absolute Gasteiger partial charge is 0.416 e. The maximum Gasteiger partial charge on any atom is 0.416 e. The van der Waals surface area contributed by atoms with Crippen molar-refractivity contribution < 1.29 is 22.8 Å². The topological polar surface area (TPSA) is 62.3 Å². The number of alkyl halides is 3. The van der Waals surface area contributed by atoms with Crippen molar-refractivity contribution in [3.63, 3.8) is 0 Å². The molecule has 1 aromatic heterocycles. The van der Waals surface area contributed by atoms with Gasteiger partial charge in [0.15, 0.2) is 0 Å². The molecule has 0 aliphatic carbocycles. The summed E-state index contributed by atoms with van der Waals surface area (Å²) in [4.78, 5) is 31.8. The molecule has 3 aromatic carbocycles. The molecule has 0 spiro atoms. The van der Waals surface area contributed by atoms with Crippen LogP contribution in [0.2, 0.25) is 0 Å². The van der Waals surface area contributed by atoms with Gasteiger partial charge >= 0.3 is 6.18 Å². The molecule has 37 heavy (non-hydrogen) atoms. The van der Waals surface area contributed by atoms with Crippen LogP contribution >= 0.6 is 0 Å². The molecular formula is C29H22F3N3O2.